The highest BCUT2D eigenvalue weighted by Gasteiger charge is 2.35. The Morgan fingerprint density at radius 1 is 1.32 bits per heavy atom. The zero-order valence-corrected chi connectivity index (χ0v) is 15.8. The van der Waals surface area contributed by atoms with Crippen molar-refractivity contribution in [2.24, 2.45) is 0 Å². The molecule has 0 spiro atoms. The minimum atomic E-state index is -0.816. The van der Waals surface area contributed by atoms with E-state index in [1.54, 1.807) is 0 Å². The van der Waals surface area contributed by atoms with Gasteiger partial charge < -0.3 is 15.2 Å². The van der Waals surface area contributed by atoms with Crippen molar-refractivity contribution >= 4 is 5.91 Å². The SMILES string of the molecule is CCc1cn([C@@H]2CC(O)[C@H](CNC(=O)CCc3ccccc3)O2)c(=O)[nH]c1=O. The number of aromatic nitrogens is 2. The summed E-state index contributed by atoms with van der Waals surface area (Å²) in [4.78, 5) is 38.1. The highest BCUT2D eigenvalue weighted by atomic mass is 16.5. The van der Waals surface area contributed by atoms with E-state index in [4.69, 9.17) is 4.74 Å². The maximum absolute atomic E-state index is 12.1. The zero-order valence-electron chi connectivity index (χ0n) is 15.8. The summed E-state index contributed by atoms with van der Waals surface area (Å²) in [5.74, 6) is -0.127. The molecule has 1 aromatic carbocycles. The maximum Gasteiger partial charge on any atom is 0.330 e. The third-order valence-corrected chi connectivity index (χ3v) is 4.92. The van der Waals surface area contributed by atoms with Crippen LogP contribution in [0.15, 0.2) is 46.1 Å². The second kappa shape index (κ2) is 8.99. The number of amides is 1. The lowest BCUT2D eigenvalue weighted by molar-refractivity contribution is -0.122. The molecule has 0 saturated carbocycles. The number of carbonyl (C=O) groups excluding carboxylic acids is 1. The van der Waals surface area contributed by atoms with Crippen molar-refractivity contribution in [3.8, 4) is 0 Å². The van der Waals surface area contributed by atoms with Crippen LogP contribution in [-0.4, -0.2) is 39.3 Å². The predicted molar refractivity (Wildman–Crippen MR) is 103 cm³/mol. The van der Waals surface area contributed by atoms with Crippen molar-refractivity contribution < 1.29 is 14.6 Å². The summed E-state index contributed by atoms with van der Waals surface area (Å²) in [6.45, 7) is 1.97. The standard InChI is InChI=1S/C20H25N3O5/c1-2-14-12-23(20(27)22-19(14)26)18-10-15(24)16(28-18)11-21-17(25)9-8-13-6-4-3-5-7-13/h3-7,12,15-16,18,24H,2,8-11H2,1H3,(H,21,25)(H,22,26,27)/t15?,16-,18-/m0/s1. The predicted octanol–water partition coefficient (Wildman–Crippen LogP) is 0.496. The smallest absolute Gasteiger partial charge is 0.330 e. The molecular weight excluding hydrogens is 362 g/mol. The largest absolute Gasteiger partial charge is 0.390 e. The van der Waals surface area contributed by atoms with E-state index in [0.29, 0.717) is 24.8 Å². The van der Waals surface area contributed by atoms with Crippen LogP contribution in [0.4, 0.5) is 0 Å². The van der Waals surface area contributed by atoms with Crippen molar-refractivity contribution in [3.63, 3.8) is 0 Å². The molecule has 1 aliphatic heterocycles. The lowest BCUT2D eigenvalue weighted by Crippen LogP contribution is -2.37. The highest BCUT2D eigenvalue weighted by molar-refractivity contribution is 5.76. The van der Waals surface area contributed by atoms with E-state index >= 15 is 0 Å². The zero-order chi connectivity index (χ0) is 20.1. The topological polar surface area (TPSA) is 113 Å². The second-order valence-electron chi connectivity index (χ2n) is 6.90. The number of aliphatic hydroxyl groups is 1. The Morgan fingerprint density at radius 3 is 2.79 bits per heavy atom. The van der Waals surface area contributed by atoms with Crippen molar-refractivity contribution in [1.82, 2.24) is 14.9 Å². The van der Waals surface area contributed by atoms with Crippen LogP contribution in [0, 0.1) is 0 Å². The van der Waals surface area contributed by atoms with Crippen molar-refractivity contribution in [2.45, 2.75) is 51.0 Å². The van der Waals surface area contributed by atoms with Gasteiger partial charge in [0, 0.05) is 31.1 Å². The Morgan fingerprint density at radius 2 is 2.07 bits per heavy atom. The summed E-state index contributed by atoms with van der Waals surface area (Å²) >= 11 is 0. The lowest BCUT2D eigenvalue weighted by atomic mass is 10.1. The highest BCUT2D eigenvalue weighted by Crippen LogP contribution is 2.27. The summed E-state index contributed by atoms with van der Waals surface area (Å²) in [5.41, 5.74) is 0.561. The van der Waals surface area contributed by atoms with E-state index in [9.17, 15) is 19.5 Å². The quantitative estimate of drug-likeness (QED) is 0.640. The number of benzene rings is 1. The lowest BCUT2D eigenvalue weighted by Gasteiger charge is -2.17. The monoisotopic (exact) mass is 387 g/mol. The molecule has 1 saturated heterocycles. The molecular formula is C20H25N3O5. The van der Waals surface area contributed by atoms with Gasteiger partial charge in [-0.05, 0) is 18.4 Å². The number of ether oxygens (including phenoxy) is 1. The van der Waals surface area contributed by atoms with Crippen LogP contribution in [0.3, 0.4) is 0 Å². The molecule has 2 heterocycles. The summed E-state index contributed by atoms with van der Waals surface area (Å²) in [6, 6.07) is 9.72. The molecule has 28 heavy (non-hydrogen) atoms. The number of hydrogen-bond acceptors (Lipinski definition) is 5. The van der Waals surface area contributed by atoms with Crippen molar-refractivity contribution in [1.29, 1.82) is 0 Å². The number of nitrogens with zero attached hydrogens (tertiary/aromatic N) is 1. The van der Waals surface area contributed by atoms with Crippen LogP contribution in [-0.2, 0) is 22.4 Å². The maximum atomic E-state index is 12.1. The molecule has 8 nitrogen and oxygen atoms in total. The van der Waals surface area contributed by atoms with Crippen LogP contribution in [0.2, 0.25) is 0 Å². The number of hydrogen-bond donors (Lipinski definition) is 3. The van der Waals surface area contributed by atoms with E-state index in [2.05, 4.69) is 10.3 Å². The molecule has 0 radical (unpaired) electrons. The Hall–Kier alpha value is -2.71. The van der Waals surface area contributed by atoms with E-state index < -0.39 is 29.7 Å². The summed E-state index contributed by atoms with van der Waals surface area (Å²) in [5, 5.41) is 13.0. The molecule has 150 valence electrons. The summed E-state index contributed by atoms with van der Waals surface area (Å²) in [6.07, 6.45) is 1.02. The van der Waals surface area contributed by atoms with Crippen molar-refractivity contribution in [2.75, 3.05) is 6.54 Å². The molecule has 1 fully saturated rings. The van der Waals surface area contributed by atoms with Gasteiger partial charge in [-0.2, -0.15) is 0 Å². The van der Waals surface area contributed by atoms with Gasteiger partial charge in [-0.25, -0.2) is 4.79 Å². The molecule has 3 rings (SSSR count). The Labute approximate surface area is 162 Å². The van der Waals surface area contributed by atoms with Gasteiger partial charge in [-0.15, -0.1) is 0 Å². The number of nitrogens with one attached hydrogen (secondary N) is 2. The molecule has 0 aliphatic carbocycles. The number of H-pyrrole nitrogens is 1. The molecule has 3 atom stereocenters. The number of rotatable bonds is 7. The van der Waals surface area contributed by atoms with Crippen LogP contribution in [0.1, 0.15) is 37.1 Å². The minimum absolute atomic E-state index is 0.127. The average molecular weight is 387 g/mol. The molecule has 0 bridgehead atoms. The molecule has 2 aromatic rings. The molecule has 1 aliphatic rings. The molecule has 3 N–H and O–H groups in total. The van der Waals surface area contributed by atoms with Gasteiger partial charge in [0.2, 0.25) is 5.91 Å². The fourth-order valence-electron chi connectivity index (χ4n) is 3.27. The average Bonchev–Trinajstić information content (AvgIpc) is 3.06. The van der Waals surface area contributed by atoms with E-state index in [1.807, 2.05) is 37.3 Å². The Balaban J connectivity index is 1.55. The van der Waals surface area contributed by atoms with Gasteiger partial charge in [-0.3, -0.25) is 19.1 Å². The Bertz CT molecular complexity index is 921. The van der Waals surface area contributed by atoms with E-state index in [0.717, 1.165) is 5.56 Å². The first-order valence-electron chi connectivity index (χ1n) is 9.46. The van der Waals surface area contributed by atoms with Gasteiger partial charge in [0.15, 0.2) is 0 Å². The van der Waals surface area contributed by atoms with Crippen LogP contribution >= 0.6 is 0 Å². The molecule has 1 amide bonds. The number of carbonyl (C=O) groups is 1. The van der Waals surface area contributed by atoms with Gasteiger partial charge in [0.1, 0.15) is 12.3 Å². The third-order valence-electron chi connectivity index (χ3n) is 4.92. The molecule has 1 unspecified atom stereocenters. The molecule has 1 aromatic heterocycles. The van der Waals surface area contributed by atoms with E-state index in [-0.39, 0.29) is 18.9 Å². The first-order valence-corrected chi connectivity index (χ1v) is 9.46. The van der Waals surface area contributed by atoms with Gasteiger partial charge in [-0.1, -0.05) is 37.3 Å². The molecule has 8 heteroatoms. The normalized spacial score (nSPS) is 21.6. The first kappa shape index (κ1) is 20.0. The number of aromatic amines is 1. The van der Waals surface area contributed by atoms with Crippen LogP contribution in [0.25, 0.3) is 0 Å². The van der Waals surface area contributed by atoms with Gasteiger partial charge >= 0.3 is 5.69 Å². The van der Waals surface area contributed by atoms with Crippen LogP contribution < -0.4 is 16.6 Å². The van der Waals surface area contributed by atoms with Crippen molar-refractivity contribution in [3.05, 3.63) is 68.5 Å². The fourth-order valence-corrected chi connectivity index (χ4v) is 3.27. The second-order valence-corrected chi connectivity index (χ2v) is 6.90. The minimum Gasteiger partial charge on any atom is -0.390 e. The van der Waals surface area contributed by atoms with E-state index in [1.165, 1.54) is 10.8 Å². The summed E-state index contributed by atoms with van der Waals surface area (Å²) in [7, 11) is 0. The summed E-state index contributed by atoms with van der Waals surface area (Å²) < 4.78 is 7.06. The number of aliphatic hydroxyl groups excluding tert-OH is 1. The van der Waals surface area contributed by atoms with Gasteiger partial charge in [0.05, 0.1) is 6.10 Å². The Kier molecular flexibility index (Phi) is 6.43. The fraction of sp³-hybridized carbons (Fsp3) is 0.450. The number of aryl methyl sites for hydroxylation is 2. The van der Waals surface area contributed by atoms with Crippen LogP contribution in [0.5, 0.6) is 0 Å². The third kappa shape index (κ3) is 4.76. The van der Waals surface area contributed by atoms with Gasteiger partial charge in [0.25, 0.3) is 5.56 Å². The first-order chi connectivity index (χ1) is 13.5.